The van der Waals surface area contributed by atoms with Crippen molar-refractivity contribution in [1.29, 1.82) is 0 Å². The maximum atomic E-state index is 5.58. The first-order valence-corrected chi connectivity index (χ1v) is 6.52. The van der Waals surface area contributed by atoms with Gasteiger partial charge in [-0.05, 0) is 51.5 Å². The van der Waals surface area contributed by atoms with Gasteiger partial charge < -0.3 is 5.73 Å². The number of piperidine rings is 1. The Morgan fingerprint density at radius 3 is 2.60 bits per heavy atom. The van der Waals surface area contributed by atoms with Gasteiger partial charge >= 0.3 is 0 Å². The van der Waals surface area contributed by atoms with Gasteiger partial charge in [-0.25, -0.2) is 0 Å². The van der Waals surface area contributed by atoms with Gasteiger partial charge in [-0.3, -0.25) is 4.90 Å². The fourth-order valence-corrected chi connectivity index (χ4v) is 2.92. The van der Waals surface area contributed by atoms with Crippen LogP contribution in [0.5, 0.6) is 0 Å². The summed E-state index contributed by atoms with van der Waals surface area (Å²) >= 11 is 0. The Balaban J connectivity index is 2.50. The molecule has 1 fully saturated rings. The van der Waals surface area contributed by atoms with Gasteiger partial charge in [0.15, 0.2) is 0 Å². The van der Waals surface area contributed by atoms with Crippen LogP contribution in [0, 0.1) is 11.8 Å². The normalized spacial score (nSPS) is 35.4. The molecule has 15 heavy (non-hydrogen) atoms. The summed E-state index contributed by atoms with van der Waals surface area (Å²) in [6, 6.07) is 1.45. The van der Waals surface area contributed by atoms with Crippen molar-refractivity contribution in [3.05, 3.63) is 0 Å². The highest BCUT2D eigenvalue weighted by Gasteiger charge is 2.31. The Bertz CT molecular complexity index is 181. The Kier molecular flexibility index (Phi) is 5.07. The molecule has 2 nitrogen and oxygen atoms in total. The van der Waals surface area contributed by atoms with E-state index in [0.29, 0.717) is 6.04 Å². The lowest BCUT2D eigenvalue weighted by molar-refractivity contribution is 0.0430. The van der Waals surface area contributed by atoms with Gasteiger partial charge in [0.1, 0.15) is 0 Å². The first-order valence-electron chi connectivity index (χ1n) is 6.52. The van der Waals surface area contributed by atoms with Crippen LogP contribution in [-0.4, -0.2) is 30.1 Å². The van der Waals surface area contributed by atoms with Crippen molar-refractivity contribution in [2.45, 2.75) is 59.0 Å². The van der Waals surface area contributed by atoms with Crippen LogP contribution in [0.3, 0.4) is 0 Å². The highest BCUT2D eigenvalue weighted by atomic mass is 15.2. The van der Waals surface area contributed by atoms with Crippen LogP contribution in [0.1, 0.15) is 47.0 Å². The molecule has 2 heteroatoms. The molecular formula is C13H28N2. The molecule has 4 unspecified atom stereocenters. The Morgan fingerprint density at radius 1 is 1.33 bits per heavy atom. The van der Waals surface area contributed by atoms with Crippen molar-refractivity contribution in [2.24, 2.45) is 17.6 Å². The van der Waals surface area contributed by atoms with E-state index in [1.54, 1.807) is 0 Å². The van der Waals surface area contributed by atoms with Crippen LogP contribution in [-0.2, 0) is 0 Å². The number of nitrogens with zero attached hydrogens (tertiary/aromatic N) is 1. The SMILES string of the molecule is CC1CC(C)C(C)N(C(C)CCCN)C1. The molecule has 0 aromatic heterocycles. The molecule has 2 N–H and O–H groups in total. The molecule has 0 spiro atoms. The second kappa shape index (κ2) is 5.86. The minimum atomic E-state index is 0.703. The van der Waals surface area contributed by atoms with Crippen molar-refractivity contribution in [3.63, 3.8) is 0 Å². The van der Waals surface area contributed by atoms with Gasteiger partial charge in [0, 0.05) is 18.6 Å². The van der Waals surface area contributed by atoms with E-state index in [2.05, 4.69) is 32.6 Å². The predicted octanol–water partition coefficient (Wildman–Crippen LogP) is 2.48. The summed E-state index contributed by atoms with van der Waals surface area (Å²) in [5.41, 5.74) is 5.58. The van der Waals surface area contributed by atoms with E-state index in [9.17, 15) is 0 Å². The van der Waals surface area contributed by atoms with Gasteiger partial charge in [-0.1, -0.05) is 13.8 Å². The lowest BCUT2D eigenvalue weighted by atomic mass is 9.84. The van der Waals surface area contributed by atoms with E-state index < -0.39 is 0 Å². The van der Waals surface area contributed by atoms with Gasteiger partial charge in [0.05, 0.1) is 0 Å². The Labute approximate surface area is 95.2 Å². The van der Waals surface area contributed by atoms with Crippen molar-refractivity contribution in [3.8, 4) is 0 Å². The second-order valence-corrected chi connectivity index (χ2v) is 5.54. The zero-order chi connectivity index (χ0) is 11.4. The molecule has 4 atom stereocenters. The summed E-state index contributed by atoms with van der Waals surface area (Å²) in [5.74, 6) is 1.70. The van der Waals surface area contributed by atoms with E-state index in [-0.39, 0.29) is 0 Å². The second-order valence-electron chi connectivity index (χ2n) is 5.54. The van der Waals surface area contributed by atoms with E-state index >= 15 is 0 Å². The lowest BCUT2D eigenvalue weighted by Gasteiger charge is -2.44. The summed E-state index contributed by atoms with van der Waals surface area (Å²) in [6.07, 6.45) is 3.80. The predicted molar refractivity (Wildman–Crippen MR) is 66.9 cm³/mol. The van der Waals surface area contributed by atoms with E-state index in [1.165, 1.54) is 19.4 Å². The zero-order valence-electron chi connectivity index (χ0n) is 10.9. The minimum absolute atomic E-state index is 0.703. The number of likely N-dealkylation sites (tertiary alicyclic amines) is 1. The van der Waals surface area contributed by atoms with Crippen LogP contribution < -0.4 is 5.73 Å². The van der Waals surface area contributed by atoms with E-state index in [0.717, 1.165) is 30.8 Å². The number of rotatable bonds is 4. The molecular weight excluding hydrogens is 184 g/mol. The van der Waals surface area contributed by atoms with E-state index in [1.807, 2.05) is 0 Å². The van der Waals surface area contributed by atoms with Crippen molar-refractivity contribution >= 4 is 0 Å². The molecule has 1 heterocycles. The molecule has 90 valence electrons. The van der Waals surface area contributed by atoms with Crippen LogP contribution in [0.25, 0.3) is 0 Å². The lowest BCUT2D eigenvalue weighted by Crippen LogP contribution is -2.50. The van der Waals surface area contributed by atoms with Crippen molar-refractivity contribution in [1.82, 2.24) is 4.90 Å². The van der Waals surface area contributed by atoms with Crippen LogP contribution in [0.2, 0.25) is 0 Å². The largest absolute Gasteiger partial charge is 0.330 e. The van der Waals surface area contributed by atoms with Crippen LogP contribution >= 0.6 is 0 Å². The number of hydrogen-bond acceptors (Lipinski definition) is 2. The maximum Gasteiger partial charge on any atom is 0.00955 e. The zero-order valence-corrected chi connectivity index (χ0v) is 10.9. The third kappa shape index (κ3) is 3.46. The van der Waals surface area contributed by atoms with Crippen LogP contribution in [0.15, 0.2) is 0 Å². The van der Waals surface area contributed by atoms with Gasteiger partial charge in [0.2, 0.25) is 0 Å². The third-order valence-corrected chi connectivity index (χ3v) is 4.04. The smallest absolute Gasteiger partial charge is 0.00955 e. The molecule has 0 saturated carbocycles. The maximum absolute atomic E-state index is 5.58. The molecule has 1 aliphatic rings. The first-order chi connectivity index (χ1) is 7.06. The molecule has 0 bridgehead atoms. The van der Waals surface area contributed by atoms with Crippen molar-refractivity contribution < 1.29 is 0 Å². The Morgan fingerprint density at radius 2 is 2.00 bits per heavy atom. The third-order valence-electron chi connectivity index (χ3n) is 4.04. The summed E-state index contributed by atoms with van der Waals surface area (Å²) in [5, 5.41) is 0. The highest BCUT2D eigenvalue weighted by molar-refractivity contribution is 4.84. The van der Waals surface area contributed by atoms with Gasteiger partial charge in [0.25, 0.3) is 0 Å². The number of hydrogen-bond donors (Lipinski definition) is 1. The fraction of sp³-hybridized carbons (Fsp3) is 1.00. The summed E-state index contributed by atoms with van der Waals surface area (Å²) < 4.78 is 0. The monoisotopic (exact) mass is 212 g/mol. The fourth-order valence-electron chi connectivity index (χ4n) is 2.92. The molecule has 0 amide bonds. The first kappa shape index (κ1) is 13.0. The summed E-state index contributed by atoms with van der Waals surface area (Å²) in [6.45, 7) is 11.6. The van der Waals surface area contributed by atoms with Gasteiger partial charge in [-0.15, -0.1) is 0 Å². The molecule has 0 aromatic rings. The average molecular weight is 212 g/mol. The molecule has 1 saturated heterocycles. The Hall–Kier alpha value is -0.0800. The molecule has 0 aliphatic carbocycles. The van der Waals surface area contributed by atoms with Gasteiger partial charge in [-0.2, -0.15) is 0 Å². The van der Waals surface area contributed by atoms with E-state index in [4.69, 9.17) is 5.73 Å². The number of nitrogens with two attached hydrogens (primary N) is 1. The molecule has 1 rings (SSSR count). The summed E-state index contributed by atoms with van der Waals surface area (Å²) in [7, 11) is 0. The van der Waals surface area contributed by atoms with Crippen LogP contribution in [0.4, 0.5) is 0 Å². The summed E-state index contributed by atoms with van der Waals surface area (Å²) in [4.78, 5) is 2.69. The quantitative estimate of drug-likeness (QED) is 0.776. The standard InChI is InChI=1S/C13H28N2/c1-10-8-11(2)13(4)15(9-10)12(3)6-5-7-14/h10-13H,5-9,14H2,1-4H3. The average Bonchev–Trinajstić information content (AvgIpc) is 2.19. The molecule has 0 radical (unpaired) electrons. The highest BCUT2D eigenvalue weighted by Crippen LogP contribution is 2.29. The molecule has 1 aliphatic heterocycles. The van der Waals surface area contributed by atoms with Crippen molar-refractivity contribution in [2.75, 3.05) is 13.1 Å². The minimum Gasteiger partial charge on any atom is -0.330 e. The molecule has 0 aromatic carbocycles. The topological polar surface area (TPSA) is 29.3 Å².